The van der Waals surface area contributed by atoms with E-state index in [0.717, 1.165) is 44.9 Å². The molecule has 0 atom stereocenters. The van der Waals surface area contributed by atoms with E-state index < -0.39 is 0 Å². The second-order valence-corrected chi connectivity index (χ2v) is 20.4. The first-order valence-corrected chi connectivity index (χ1v) is 25.8. The van der Waals surface area contributed by atoms with Crippen LogP contribution < -0.4 is 0 Å². The van der Waals surface area contributed by atoms with Crippen molar-refractivity contribution in [3.8, 4) is 45.0 Å². The predicted molar refractivity (Wildman–Crippen MR) is 314 cm³/mol. The van der Waals surface area contributed by atoms with Gasteiger partial charge in [-0.2, -0.15) is 0 Å². The summed E-state index contributed by atoms with van der Waals surface area (Å²) in [5.41, 5.74) is 23.6. The van der Waals surface area contributed by atoms with Crippen molar-refractivity contribution in [1.29, 1.82) is 0 Å². The fourth-order valence-corrected chi connectivity index (χ4v) is 12.4. The molecule has 15 rings (SSSR count). The highest BCUT2D eigenvalue weighted by Crippen LogP contribution is 2.53. The minimum Gasteiger partial charge on any atom is -0.309 e. The molecule has 74 heavy (non-hydrogen) atoms. The zero-order valence-electron chi connectivity index (χ0n) is 41.7. The van der Waals surface area contributed by atoms with Crippen LogP contribution in [0, 0.1) is 27.7 Å². The summed E-state index contributed by atoms with van der Waals surface area (Å²) in [5, 5.41) is 9.78. The van der Waals surface area contributed by atoms with E-state index in [9.17, 15) is 0 Å². The third kappa shape index (κ3) is 6.15. The summed E-state index contributed by atoms with van der Waals surface area (Å²) in [5.74, 6) is 0. The predicted octanol–water partition coefficient (Wildman–Crippen LogP) is 18.6. The first kappa shape index (κ1) is 42.3. The van der Waals surface area contributed by atoms with Crippen molar-refractivity contribution in [1.82, 2.24) is 18.3 Å². The van der Waals surface area contributed by atoms with E-state index in [2.05, 4.69) is 276 Å². The molecular formula is C70H50N4. The molecule has 4 aromatic heterocycles. The van der Waals surface area contributed by atoms with Crippen LogP contribution in [0.3, 0.4) is 0 Å². The molecule has 15 aromatic rings. The van der Waals surface area contributed by atoms with Crippen molar-refractivity contribution < 1.29 is 0 Å². The average Bonchev–Trinajstić information content (AvgIpc) is 4.25. The van der Waals surface area contributed by atoms with E-state index in [1.54, 1.807) is 0 Å². The molecule has 0 aliphatic carbocycles. The Morgan fingerprint density at radius 1 is 0.230 bits per heavy atom. The summed E-state index contributed by atoms with van der Waals surface area (Å²) in [4.78, 5) is 0. The fraction of sp³-hybridized carbons (Fsp3) is 0.0571. The van der Waals surface area contributed by atoms with Crippen LogP contribution in [0.15, 0.2) is 231 Å². The third-order valence-electron chi connectivity index (χ3n) is 15.8. The zero-order valence-corrected chi connectivity index (χ0v) is 41.7. The van der Waals surface area contributed by atoms with Crippen molar-refractivity contribution in [2.45, 2.75) is 27.7 Å². The topological polar surface area (TPSA) is 19.7 Å². The molecule has 4 nitrogen and oxygen atoms in total. The average molecular weight is 947 g/mol. The number of hydrogen-bond donors (Lipinski definition) is 0. The van der Waals surface area contributed by atoms with Crippen LogP contribution in [0.5, 0.6) is 0 Å². The lowest BCUT2D eigenvalue weighted by molar-refractivity contribution is 1.14. The lowest BCUT2D eigenvalue weighted by atomic mass is 9.86. The molecule has 11 aromatic carbocycles. The normalized spacial score (nSPS) is 12.1. The van der Waals surface area contributed by atoms with E-state index in [4.69, 9.17) is 0 Å². The van der Waals surface area contributed by atoms with E-state index in [0.29, 0.717) is 0 Å². The number of rotatable bonds is 6. The zero-order chi connectivity index (χ0) is 49.3. The molecule has 4 heteroatoms. The summed E-state index contributed by atoms with van der Waals surface area (Å²) in [7, 11) is 0. The van der Waals surface area contributed by atoms with Gasteiger partial charge >= 0.3 is 0 Å². The van der Waals surface area contributed by atoms with Gasteiger partial charge in [0.1, 0.15) is 0 Å². The van der Waals surface area contributed by atoms with E-state index in [1.807, 2.05) is 0 Å². The van der Waals surface area contributed by atoms with E-state index >= 15 is 0 Å². The fourth-order valence-electron chi connectivity index (χ4n) is 12.4. The SMILES string of the molecule is Cc1ccc(-n2c3ccccc3c3ccc(-c4c(-c5ccc6c7ccccc7n(-c7ccc(C)cc7)c6c5)c5c6ccccc6n(-c6ccc(C)cc6)c5c5c4c4ccccc4n5-c4ccc(C)cc4)cc32)cc1. The first-order chi connectivity index (χ1) is 36.4. The van der Waals surface area contributed by atoms with Crippen LogP contribution >= 0.6 is 0 Å². The minimum atomic E-state index is 1.13. The molecule has 0 aliphatic rings. The van der Waals surface area contributed by atoms with E-state index in [1.165, 1.54) is 110 Å². The third-order valence-corrected chi connectivity index (χ3v) is 15.8. The van der Waals surface area contributed by atoms with Gasteiger partial charge in [-0.25, -0.2) is 0 Å². The Hall–Kier alpha value is -9.38. The Labute approximate surface area is 428 Å². The Morgan fingerprint density at radius 2 is 0.500 bits per heavy atom. The number of para-hydroxylation sites is 4. The Balaban J connectivity index is 1.20. The maximum atomic E-state index is 2.55. The maximum Gasteiger partial charge on any atom is 0.0795 e. The Morgan fingerprint density at radius 3 is 0.838 bits per heavy atom. The smallest absolute Gasteiger partial charge is 0.0795 e. The molecule has 0 N–H and O–H groups in total. The highest BCUT2D eigenvalue weighted by atomic mass is 15.0. The molecule has 0 amide bonds. The number of nitrogens with zero attached hydrogens (tertiary/aromatic N) is 4. The summed E-state index contributed by atoms with van der Waals surface area (Å²) in [6.45, 7) is 8.68. The van der Waals surface area contributed by atoms with Gasteiger partial charge in [0.25, 0.3) is 0 Å². The minimum absolute atomic E-state index is 1.13. The van der Waals surface area contributed by atoms with Crippen molar-refractivity contribution >= 4 is 87.2 Å². The number of aryl methyl sites for hydroxylation is 4. The van der Waals surface area contributed by atoms with Gasteiger partial charge in [0.05, 0.1) is 44.1 Å². The summed E-state index contributed by atoms with van der Waals surface area (Å²) < 4.78 is 10.0. The van der Waals surface area contributed by atoms with Gasteiger partial charge in [-0.15, -0.1) is 0 Å². The van der Waals surface area contributed by atoms with Gasteiger partial charge in [-0.1, -0.05) is 168 Å². The monoisotopic (exact) mass is 946 g/mol. The van der Waals surface area contributed by atoms with Gasteiger partial charge in [-0.05, 0) is 124 Å². The second kappa shape index (κ2) is 16.1. The molecule has 0 spiro atoms. The molecular weight excluding hydrogens is 897 g/mol. The van der Waals surface area contributed by atoms with Crippen LogP contribution in [0.2, 0.25) is 0 Å². The number of hydrogen-bond acceptors (Lipinski definition) is 0. The van der Waals surface area contributed by atoms with Crippen LogP contribution in [0.25, 0.3) is 132 Å². The van der Waals surface area contributed by atoms with Crippen LogP contribution in [0.4, 0.5) is 0 Å². The van der Waals surface area contributed by atoms with Gasteiger partial charge in [-0.3, -0.25) is 0 Å². The molecule has 0 unspecified atom stereocenters. The van der Waals surface area contributed by atoms with Gasteiger partial charge in [0.2, 0.25) is 0 Å². The molecule has 0 saturated heterocycles. The van der Waals surface area contributed by atoms with Crippen LogP contribution in [-0.2, 0) is 0 Å². The van der Waals surface area contributed by atoms with Gasteiger partial charge in [0.15, 0.2) is 0 Å². The molecule has 350 valence electrons. The quantitative estimate of drug-likeness (QED) is 0.158. The standard InChI is InChI=1S/C70H50N4/c1-43-21-31-49(32-22-43)71-59-17-9-5-13-53(59)55-39-29-47(41-63(55)71)65-66(48-30-40-56-54-14-6-10-18-60(54)72(64(56)42-48)50-33-23-44(2)24-34-50)68-58-16-8-12-20-62(58)74(52-37-27-46(4)28-38-52)70(68)69-67(65)57-15-7-11-19-61(57)73(69)51-35-25-45(3)26-36-51/h5-42H,1-4H3. The van der Waals surface area contributed by atoms with Gasteiger partial charge < -0.3 is 18.3 Å². The highest BCUT2D eigenvalue weighted by molar-refractivity contribution is 6.34. The lowest BCUT2D eigenvalue weighted by Gasteiger charge is -2.19. The number of benzene rings is 11. The van der Waals surface area contributed by atoms with Gasteiger partial charge in [0, 0.05) is 77.0 Å². The highest BCUT2D eigenvalue weighted by Gasteiger charge is 2.30. The molecule has 0 radical (unpaired) electrons. The number of fused-ring (bicyclic) bond motifs is 13. The lowest BCUT2D eigenvalue weighted by Crippen LogP contribution is -2.00. The molecule has 0 saturated carbocycles. The Kier molecular flexibility index (Phi) is 9.19. The summed E-state index contributed by atoms with van der Waals surface area (Å²) >= 11 is 0. The molecule has 4 heterocycles. The van der Waals surface area contributed by atoms with Crippen molar-refractivity contribution in [3.05, 3.63) is 253 Å². The van der Waals surface area contributed by atoms with Crippen molar-refractivity contribution in [2.24, 2.45) is 0 Å². The second-order valence-electron chi connectivity index (χ2n) is 20.4. The summed E-state index contributed by atoms with van der Waals surface area (Å²) in [6, 6.07) is 86.6. The van der Waals surface area contributed by atoms with Crippen molar-refractivity contribution in [3.63, 3.8) is 0 Å². The van der Waals surface area contributed by atoms with E-state index in [-0.39, 0.29) is 0 Å². The van der Waals surface area contributed by atoms with Crippen LogP contribution in [-0.4, -0.2) is 18.3 Å². The molecule has 0 fully saturated rings. The largest absolute Gasteiger partial charge is 0.309 e. The maximum absolute atomic E-state index is 2.55. The first-order valence-electron chi connectivity index (χ1n) is 25.8. The Bertz CT molecular complexity index is 4460. The van der Waals surface area contributed by atoms with Crippen molar-refractivity contribution in [2.75, 3.05) is 0 Å². The van der Waals surface area contributed by atoms with Crippen LogP contribution in [0.1, 0.15) is 22.3 Å². The number of aromatic nitrogens is 4. The molecule has 0 aliphatic heterocycles. The molecule has 0 bridgehead atoms. The summed E-state index contributed by atoms with van der Waals surface area (Å²) in [6.07, 6.45) is 0.